The standard InChI is InChI=1S/C36H42N4O/c1-2-32(27-14-6-3-7-15-27)38-36(41)34-30-20-12-13-21-33(30)37-35(28-16-8-4-9-17-28)31(34)26-39-22-24-40(25-23-39)29-18-10-5-11-19-29/h3-4,6-9,12-17,20-21,29,32H,2,5,10-11,18-19,22-26H2,1H3,(H,38,41)/t32-/m0/s1. The third-order valence-corrected chi connectivity index (χ3v) is 9.06. The van der Waals surface area contributed by atoms with Gasteiger partial charge in [0.25, 0.3) is 5.91 Å². The second-order valence-electron chi connectivity index (χ2n) is 11.6. The number of pyridine rings is 1. The van der Waals surface area contributed by atoms with Gasteiger partial charge in [0, 0.05) is 55.3 Å². The normalized spacial score (nSPS) is 17.9. The van der Waals surface area contributed by atoms with Crippen LogP contribution in [0.2, 0.25) is 0 Å². The molecule has 1 aromatic heterocycles. The first-order valence-corrected chi connectivity index (χ1v) is 15.5. The zero-order valence-corrected chi connectivity index (χ0v) is 24.3. The highest BCUT2D eigenvalue weighted by Crippen LogP contribution is 2.33. The molecular formula is C36H42N4O. The summed E-state index contributed by atoms with van der Waals surface area (Å²) in [5, 5.41) is 4.32. The van der Waals surface area contributed by atoms with Crippen LogP contribution in [0.5, 0.6) is 0 Å². The van der Waals surface area contributed by atoms with Crippen molar-refractivity contribution >= 4 is 16.8 Å². The summed E-state index contributed by atoms with van der Waals surface area (Å²) in [6.45, 7) is 7.07. The Morgan fingerprint density at radius 1 is 0.854 bits per heavy atom. The summed E-state index contributed by atoms with van der Waals surface area (Å²) >= 11 is 0. The summed E-state index contributed by atoms with van der Waals surface area (Å²) in [5.41, 5.74) is 5.75. The Kier molecular flexibility index (Phi) is 8.74. The van der Waals surface area contributed by atoms with Crippen molar-refractivity contribution in [1.82, 2.24) is 20.1 Å². The molecule has 41 heavy (non-hydrogen) atoms. The lowest BCUT2D eigenvalue weighted by Gasteiger charge is -2.41. The van der Waals surface area contributed by atoms with Gasteiger partial charge < -0.3 is 5.32 Å². The van der Waals surface area contributed by atoms with Crippen LogP contribution in [0.3, 0.4) is 0 Å². The van der Waals surface area contributed by atoms with E-state index in [1.54, 1.807) is 0 Å². The highest BCUT2D eigenvalue weighted by Gasteiger charge is 2.28. The summed E-state index contributed by atoms with van der Waals surface area (Å²) in [6, 6.07) is 29.5. The van der Waals surface area contributed by atoms with Gasteiger partial charge in [0.2, 0.25) is 0 Å². The molecule has 1 N–H and O–H groups in total. The molecule has 2 fully saturated rings. The summed E-state index contributed by atoms with van der Waals surface area (Å²) in [7, 11) is 0. The van der Waals surface area contributed by atoms with Gasteiger partial charge >= 0.3 is 0 Å². The van der Waals surface area contributed by atoms with Crippen LogP contribution in [0.25, 0.3) is 22.2 Å². The maximum Gasteiger partial charge on any atom is 0.252 e. The minimum atomic E-state index is -0.0531. The zero-order chi connectivity index (χ0) is 28.0. The van der Waals surface area contributed by atoms with Gasteiger partial charge in [0.15, 0.2) is 0 Å². The van der Waals surface area contributed by atoms with E-state index in [1.807, 2.05) is 42.5 Å². The molecule has 3 aromatic carbocycles. The molecular weight excluding hydrogens is 504 g/mol. The predicted molar refractivity (Wildman–Crippen MR) is 168 cm³/mol. The molecule has 212 valence electrons. The lowest BCUT2D eigenvalue weighted by atomic mass is 9.93. The number of aromatic nitrogens is 1. The van der Waals surface area contributed by atoms with Gasteiger partial charge in [-0.2, -0.15) is 0 Å². The van der Waals surface area contributed by atoms with Crippen LogP contribution < -0.4 is 5.32 Å². The molecule has 1 aliphatic heterocycles. The van der Waals surface area contributed by atoms with Crippen molar-refractivity contribution in [2.24, 2.45) is 0 Å². The number of para-hydroxylation sites is 1. The van der Waals surface area contributed by atoms with Crippen LogP contribution >= 0.6 is 0 Å². The molecule has 4 aromatic rings. The number of carbonyl (C=O) groups is 1. The summed E-state index contributed by atoms with van der Waals surface area (Å²) in [4.78, 5) is 24.8. The van der Waals surface area contributed by atoms with E-state index >= 15 is 0 Å². The average Bonchev–Trinajstić information content (AvgIpc) is 3.04. The molecule has 0 radical (unpaired) electrons. The Labute approximate surface area is 244 Å². The van der Waals surface area contributed by atoms with Crippen molar-refractivity contribution in [2.75, 3.05) is 26.2 Å². The monoisotopic (exact) mass is 546 g/mol. The quantitative estimate of drug-likeness (QED) is 0.253. The van der Waals surface area contributed by atoms with Crippen LogP contribution in [0.15, 0.2) is 84.9 Å². The number of rotatable bonds is 8. The van der Waals surface area contributed by atoms with Crippen LogP contribution in [0.4, 0.5) is 0 Å². The number of nitrogens with zero attached hydrogens (tertiary/aromatic N) is 3. The predicted octanol–water partition coefficient (Wildman–Crippen LogP) is 7.23. The Hall–Kier alpha value is -3.54. The first-order chi connectivity index (χ1) is 20.2. The van der Waals surface area contributed by atoms with Gasteiger partial charge in [0.1, 0.15) is 0 Å². The van der Waals surface area contributed by atoms with Gasteiger partial charge in [-0.3, -0.25) is 14.6 Å². The third kappa shape index (κ3) is 6.22. The Bertz CT molecular complexity index is 1440. The van der Waals surface area contributed by atoms with Gasteiger partial charge in [-0.05, 0) is 30.9 Å². The van der Waals surface area contributed by atoms with E-state index in [-0.39, 0.29) is 11.9 Å². The minimum absolute atomic E-state index is 0.0210. The summed E-state index contributed by atoms with van der Waals surface area (Å²) in [5.74, 6) is -0.0210. The van der Waals surface area contributed by atoms with E-state index in [2.05, 4.69) is 64.5 Å². The molecule has 0 spiro atoms. The molecule has 5 heteroatoms. The minimum Gasteiger partial charge on any atom is -0.345 e. The third-order valence-electron chi connectivity index (χ3n) is 9.06. The van der Waals surface area contributed by atoms with Crippen molar-refractivity contribution in [1.29, 1.82) is 0 Å². The number of nitrogens with one attached hydrogen (secondary N) is 1. The average molecular weight is 547 g/mol. The Morgan fingerprint density at radius 2 is 1.51 bits per heavy atom. The molecule has 1 atom stereocenters. The smallest absolute Gasteiger partial charge is 0.252 e. The summed E-state index contributed by atoms with van der Waals surface area (Å²) < 4.78 is 0. The molecule has 6 rings (SSSR count). The topological polar surface area (TPSA) is 48.5 Å². The first kappa shape index (κ1) is 27.6. The number of benzene rings is 3. The van der Waals surface area contributed by atoms with Crippen LogP contribution in [-0.2, 0) is 6.54 Å². The van der Waals surface area contributed by atoms with Crippen LogP contribution in [-0.4, -0.2) is 52.9 Å². The number of piperazine rings is 1. The SMILES string of the molecule is CC[C@H](NC(=O)c1c(CN2CCN(C3CCCCC3)CC2)c(-c2ccccc2)nc2ccccc12)c1ccccc1. The van der Waals surface area contributed by atoms with Gasteiger partial charge in [0.05, 0.1) is 22.8 Å². The van der Waals surface area contributed by atoms with E-state index in [4.69, 9.17) is 4.98 Å². The summed E-state index contributed by atoms with van der Waals surface area (Å²) in [6.07, 6.45) is 7.64. The largest absolute Gasteiger partial charge is 0.345 e. The van der Waals surface area contributed by atoms with E-state index in [0.717, 1.165) is 77.5 Å². The van der Waals surface area contributed by atoms with E-state index in [1.165, 1.54) is 32.1 Å². The van der Waals surface area contributed by atoms with Crippen LogP contribution in [0, 0.1) is 0 Å². The molecule has 1 saturated heterocycles. The number of carbonyl (C=O) groups excluding carboxylic acids is 1. The zero-order valence-electron chi connectivity index (χ0n) is 24.3. The van der Waals surface area contributed by atoms with Crippen molar-refractivity contribution in [3.05, 3.63) is 102 Å². The Balaban J connectivity index is 1.37. The molecule has 1 saturated carbocycles. The van der Waals surface area contributed by atoms with Crippen molar-refractivity contribution < 1.29 is 4.79 Å². The highest BCUT2D eigenvalue weighted by atomic mass is 16.1. The molecule has 1 amide bonds. The fourth-order valence-electron chi connectivity index (χ4n) is 6.79. The Morgan fingerprint density at radius 3 is 2.22 bits per heavy atom. The maximum absolute atomic E-state index is 14.3. The van der Waals surface area contributed by atoms with Crippen LogP contribution in [0.1, 0.15) is 73.0 Å². The van der Waals surface area contributed by atoms with E-state index < -0.39 is 0 Å². The van der Waals surface area contributed by atoms with E-state index in [0.29, 0.717) is 6.54 Å². The fourth-order valence-corrected chi connectivity index (χ4v) is 6.79. The number of amides is 1. The molecule has 5 nitrogen and oxygen atoms in total. The molecule has 2 heterocycles. The number of hydrogen-bond donors (Lipinski definition) is 1. The lowest BCUT2D eigenvalue weighted by molar-refractivity contribution is 0.0751. The maximum atomic E-state index is 14.3. The second kappa shape index (κ2) is 13.0. The highest BCUT2D eigenvalue weighted by molar-refractivity contribution is 6.09. The van der Waals surface area contributed by atoms with Crippen molar-refractivity contribution in [3.63, 3.8) is 0 Å². The van der Waals surface area contributed by atoms with Gasteiger partial charge in [-0.25, -0.2) is 4.98 Å². The molecule has 1 aliphatic carbocycles. The van der Waals surface area contributed by atoms with Crippen molar-refractivity contribution in [2.45, 2.75) is 64.1 Å². The lowest BCUT2D eigenvalue weighted by Crippen LogP contribution is -2.50. The van der Waals surface area contributed by atoms with Crippen molar-refractivity contribution in [3.8, 4) is 11.3 Å². The molecule has 0 unspecified atom stereocenters. The van der Waals surface area contributed by atoms with Gasteiger partial charge in [-0.15, -0.1) is 0 Å². The molecule has 2 aliphatic rings. The first-order valence-electron chi connectivity index (χ1n) is 15.5. The second-order valence-corrected chi connectivity index (χ2v) is 11.6. The molecule has 0 bridgehead atoms. The van der Waals surface area contributed by atoms with Gasteiger partial charge in [-0.1, -0.05) is 105 Å². The number of fused-ring (bicyclic) bond motifs is 1. The van der Waals surface area contributed by atoms with E-state index in [9.17, 15) is 4.79 Å². The number of hydrogen-bond acceptors (Lipinski definition) is 4. The fraction of sp³-hybridized carbons (Fsp3) is 0.389.